The maximum atomic E-state index is 12.9. The van der Waals surface area contributed by atoms with Gasteiger partial charge in [-0.15, -0.1) is 0 Å². The number of benzene rings is 2. The van der Waals surface area contributed by atoms with Gasteiger partial charge >= 0.3 is 18.3 Å². The first kappa shape index (κ1) is 23.5. The van der Waals surface area contributed by atoms with Crippen molar-refractivity contribution >= 4 is 21.7 Å². The van der Waals surface area contributed by atoms with Crippen molar-refractivity contribution in [3.63, 3.8) is 0 Å². The van der Waals surface area contributed by atoms with E-state index in [2.05, 4.69) is 0 Å². The van der Waals surface area contributed by atoms with Crippen molar-refractivity contribution in [3.05, 3.63) is 59.2 Å². The van der Waals surface area contributed by atoms with E-state index >= 15 is 0 Å². The number of nitrogens with one attached hydrogen (secondary N) is 1. The summed E-state index contributed by atoms with van der Waals surface area (Å²) >= 11 is 0. The summed E-state index contributed by atoms with van der Waals surface area (Å²) in [5.74, 6) is -0.668. The topological polar surface area (TPSA) is 72.5 Å². The van der Waals surface area contributed by atoms with Crippen molar-refractivity contribution in [2.75, 3.05) is 11.3 Å². The Balaban J connectivity index is 2.36. The van der Waals surface area contributed by atoms with E-state index in [-0.39, 0.29) is 36.1 Å². The molecule has 0 saturated heterocycles. The Labute approximate surface area is 167 Å². The molecule has 0 fully saturated rings. The zero-order valence-electron chi connectivity index (χ0n) is 15.3. The molecule has 2 aromatic rings. The standard InChI is InChI=1S/C18H15F6NO4S/c1-2-7-29-16(26)11-3-5-14(6-4-11)25-30(27,28)15-9-12(17(19,20)21)8-13(10-15)18(22,23)24/h3-6,8-10,25H,2,7H2,1H3. The van der Waals surface area contributed by atoms with Gasteiger partial charge in [0.2, 0.25) is 0 Å². The molecule has 2 rings (SSSR count). The molecule has 0 aliphatic carbocycles. The number of ether oxygens (including phenoxy) is 1. The fourth-order valence-electron chi connectivity index (χ4n) is 2.25. The lowest BCUT2D eigenvalue weighted by Gasteiger charge is -2.15. The minimum Gasteiger partial charge on any atom is -0.462 e. The molecule has 0 spiro atoms. The molecule has 0 aliphatic heterocycles. The average Bonchev–Trinajstić information content (AvgIpc) is 2.64. The second-order valence-corrected chi connectivity index (χ2v) is 7.74. The Hall–Kier alpha value is -2.76. The van der Waals surface area contributed by atoms with Crippen molar-refractivity contribution in [2.24, 2.45) is 0 Å². The van der Waals surface area contributed by atoms with Gasteiger partial charge in [0.15, 0.2) is 0 Å². The molecule has 12 heteroatoms. The molecule has 0 amide bonds. The number of carbonyl (C=O) groups excluding carboxylic acids is 1. The fourth-order valence-corrected chi connectivity index (χ4v) is 3.38. The molecule has 0 unspecified atom stereocenters. The molecular formula is C18H15F6NO4S. The van der Waals surface area contributed by atoms with Crippen molar-refractivity contribution in [1.82, 2.24) is 0 Å². The van der Waals surface area contributed by atoms with Crippen LogP contribution in [0.2, 0.25) is 0 Å². The van der Waals surface area contributed by atoms with E-state index in [1.54, 1.807) is 6.92 Å². The SMILES string of the molecule is CCCOC(=O)c1ccc(NS(=O)(=O)c2cc(C(F)(F)F)cc(C(F)(F)F)c2)cc1. The van der Waals surface area contributed by atoms with E-state index in [9.17, 15) is 39.6 Å². The lowest BCUT2D eigenvalue weighted by Crippen LogP contribution is -2.17. The summed E-state index contributed by atoms with van der Waals surface area (Å²) in [5, 5.41) is 0. The third-order valence-corrected chi connectivity index (χ3v) is 5.04. The number of anilines is 1. The van der Waals surface area contributed by atoms with E-state index in [1.165, 1.54) is 12.1 Å². The highest BCUT2D eigenvalue weighted by atomic mass is 32.2. The summed E-state index contributed by atoms with van der Waals surface area (Å²) in [6, 6.07) is 4.68. The summed E-state index contributed by atoms with van der Waals surface area (Å²) in [5.41, 5.74) is -3.60. The molecule has 30 heavy (non-hydrogen) atoms. The number of halogens is 6. The van der Waals surface area contributed by atoms with Crippen LogP contribution in [-0.2, 0) is 27.1 Å². The van der Waals surface area contributed by atoms with Gasteiger partial charge in [-0.2, -0.15) is 26.3 Å². The first-order valence-corrected chi connectivity index (χ1v) is 9.82. The highest BCUT2D eigenvalue weighted by Crippen LogP contribution is 2.37. The monoisotopic (exact) mass is 455 g/mol. The van der Waals surface area contributed by atoms with Gasteiger partial charge in [-0.3, -0.25) is 4.72 Å². The molecular weight excluding hydrogens is 440 g/mol. The molecule has 0 bridgehead atoms. The summed E-state index contributed by atoms with van der Waals surface area (Å²) < 4.78 is 109. The Bertz CT molecular complexity index is 982. The van der Waals surface area contributed by atoms with Gasteiger partial charge in [0.1, 0.15) is 0 Å². The Morgan fingerprint density at radius 3 is 1.87 bits per heavy atom. The van der Waals surface area contributed by atoms with E-state index in [1.807, 2.05) is 4.72 Å². The van der Waals surface area contributed by atoms with Crippen molar-refractivity contribution in [1.29, 1.82) is 0 Å². The van der Waals surface area contributed by atoms with Crippen LogP contribution in [0.1, 0.15) is 34.8 Å². The summed E-state index contributed by atoms with van der Waals surface area (Å²) in [6.45, 7) is 1.95. The lowest BCUT2D eigenvalue weighted by molar-refractivity contribution is -0.143. The maximum Gasteiger partial charge on any atom is 0.416 e. The normalized spacial score (nSPS) is 12.5. The van der Waals surface area contributed by atoms with E-state index < -0.39 is 44.4 Å². The van der Waals surface area contributed by atoms with Crippen molar-refractivity contribution in [2.45, 2.75) is 30.6 Å². The third-order valence-electron chi connectivity index (χ3n) is 3.68. The fraction of sp³-hybridized carbons (Fsp3) is 0.278. The predicted molar refractivity (Wildman–Crippen MR) is 94.3 cm³/mol. The van der Waals surface area contributed by atoms with Gasteiger partial charge in [-0.25, -0.2) is 13.2 Å². The molecule has 0 aromatic heterocycles. The Kier molecular flexibility index (Phi) is 6.70. The van der Waals surface area contributed by atoms with Crippen LogP contribution in [0, 0.1) is 0 Å². The number of hydrogen-bond acceptors (Lipinski definition) is 4. The van der Waals surface area contributed by atoms with Gasteiger partial charge in [-0.05, 0) is 48.9 Å². The number of esters is 1. The smallest absolute Gasteiger partial charge is 0.416 e. The van der Waals surface area contributed by atoms with Crippen LogP contribution < -0.4 is 4.72 Å². The van der Waals surface area contributed by atoms with Gasteiger partial charge in [0, 0.05) is 5.69 Å². The molecule has 1 N–H and O–H groups in total. The molecule has 0 radical (unpaired) electrons. The zero-order valence-corrected chi connectivity index (χ0v) is 16.1. The predicted octanol–water partition coefficient (Wildman–Crippen LogP) is 5.09. The molecule has 0 heterocycles. The maximum absolute atomic E-state index is 12.9. The quantitative estimate of drug-likeness (QED) is 0.487. The summed E-state index contributed by atoms with van der Waals surface area (Å²) in [4.78, 5) is 10.5. The van der Waals surface area contributed by atoms with Gasteiger partial charge < -0.3 is 4.74 Å². The van der Waals surface area contributed by atoms with Crippen LogP contribution in [0.5, 0.6) is 0 Å². The summed E-state index contributed by atoms with van der Waals surface area (Å²) in [7, 11) is -4.79. The number of hydrogen-bond donors (Lipinski definition) is 1. The van der Waals surface area contributed by atoms with E-state index in [0.29, 0.717) is 6.42 Å². The highest BCUT2D eigenvalue weighted by molar-refractivity contribution is 7.92. The molecule has 5 nitrogen and oxygen atoms in total. The van der Waals surface area contributed by atoms with Gasteiger partial charge in [0.25, 0.3) is 10.0 Å². The largest absolute Gasteiger partial charge is 0.462 e. The third kappa shape index (κ3) is 5.88. The van der Waals surface area contributed by atoms with Crippen molar-refractivity contribution in [3.8, 4) is 0 Å². The summed E-state index contributed by atoms with van der Waals surface area (Å²) in [6.07, 6.45) is -9.79. The number of carbonyl (C=O) groups is 1. The molecule has 0 atom stereocenters. The zero-order chi connectivity index (χ0) is 22.7. The molecule has 0 aliphatic rings. The lowest BCUT2D eigenvalue weighted by atomic mass is 10.1. The van der Waals surface area contributed by atoms with E-state index in [0.717, 1.165) is 12.1 Å². The van der Waals surface area contributed by atoms with Crippen LogP contribution in [-0.4, -0.2) is 21.0 Å². The first-order chi connectivity index (χ1) is 13.7. The van der Waals surface area contributed by atoms with Crippen LogP contribution in [0.3, 0.4) is 0 Å². The molecule has 164 valence electrons. The molecule has 2 aromatic carbocycles. The van der Waals surface area contributed by atoms with Crippen molar-refractivity contribution < 1.29 is 44.3 Å². The van der Waals surface area contributed by atoms with Crippen LogP contribution in [0.4, 0.5) is 32.0 Å². The molecule has 0 saturated carbocycles. The van der Waals surface area contributed by atoms with Gasteiger partial charge in [-0.1, -0.05) is 6.92 Å². The Morgan fingerprint density at radius 2 is 1.43 bits per heavy atom. The Morgan fingerprint density at radius 1 is 0.933 bits per heavy atom. The van der Waals surface area contributed by atoms with Gasteiger partial charge in [0.05, 0.1) is 28.2 Å². The minimum absolute atomic E-state index is 0.0878. The highest BCUT2D eigenvalue weighted by Gasteiger charge is 2.38. The second kappa shape index (κ2) is 8.54. The number of alkyl halides is 6. The van der Waals surface area contributed by atoms with Crippen LogP contribution in [0.15, 0.2) is 47.4 Å². The number of rotatable bonds is 6. The van der Waals surface area contributed by atoms with Crippen LogP contribution >= 0.6 is 0 Å². The average molecular weight is 455 g/mol. The minimum atomic E-state index is -5.19. The number of sulfonamides is 1. The van der Waals surface area contributed by atoms with E-state index in [4.69, 9.17) is 4.74 Å². The first-order valence-electron chi connectivity index (χ1n) is 8.33. The second-order valence-electron chi connectivity index (χ2n) is 6.06. The van der Waals surface area contributed by atoms with Crippen LogP contribution in [0.25, 0.3) is 0 Å².